The van der Waals surface area contributed by atoms with Crippen molar-refractivity contribution in [2.24, 2.45) is 0 Å². The van der Waals surface area contributed by atoms with Gasteiger partial charge in [-0.1, -0.05) is 84.9 Å². The summed E-state index contributed by atoms with van der Waals surface area (Å²) >= 11 is 0. The van der Waals surface area contributed by atoms with Crippen LogP contribution in [0.15, 0.2) is 148 Å². The number of hydrogen-bond acceptors (Lipinski definition) is 2. The maximum atomic E-state index is 6.52. The Morgan fingerprint density at radius 3 is 1.78 bits per heavy atom. The van der Waals surface area contributed by atoms with Gasteiger partial charge in [0.2, 0.25) is 0 Å². The molecule has 0 saturated carbocycles. The minimum atomic E-state index is 0.887. The van der Waals surface area contributed by atoms with E-state index in [1.165, 1.54) is 11.1 Å². The summed E-state index contributed by atoms with van der Waals surface area (Å²) in [6.07, 6.45) is 0. The van der Waals surface area contributed by atoms with Crippen molar-refractivity contribution < 1.29 is 8.83 Å². The predicted molar refractivity (Wildman–Crippen MR) is 169 cm³/mol. The molecule has 0 bridgehead atoms. The Morgan fingerprint density at radius 2 is 1.00 bits per heavy atom. The first-order valence-corrected chi connectivity index (χ1v) is 13.9. The summed E-state index contributed by atoms with van der Waals surface area (Å²) in [5, 5.41) is 4.49. The second kappa shape index (κ2) is 8.48. The van der Waals surface area contributed by atoms with Crippen LogP contribution >= 0.6 is 0 Å². The van der Waals surface area contributed by atoms with Crippen molar-refractivity contribution in [3.05, 3.63) is 140 Å². The van der Waals surface area contributed by atoms with Crippen LogP contribution in [0.25, 0.3) is 82.9 Å². The van der Waals surface area contributed by atoms with Gasteiger partial charge in [-0.25, -0.2) is 0 Å². The summed E-state index contributed by atoms with van der Waals surface area (Å²) in [7, 11) is 0. The van der Waals surface area contributed by atoms with Gasteiger partial charge in [-0.3, -0.25) is 0 Å². The first-order valence-electron chi connectivity index (χ1n) is 13.9. The zero-order chi connectivity index (χ0) is 26.9. The molecular formula is C38H23NO2. The van der Waals surface area contributed by atoms with Gasteiger partial charge >= 0.3 is 0 Å². The van der Waals surface area contributed by atoms with E-state index in [1.54, 1.807) is 0 Å². The average Bonchev–Trinajstić information content (AvgIpc) is 3.70. The Balaban J connectivity index is 1.29. The van der Waals surface area contributed by atoms with E-state index in [0.29, 0.717) is 0 Å². The fourth-order valence-corrected chi connectivity index (χ4v) is 6.36. The van der Waals surface area contributed by atoms with E-state index in [4.69, 9.17) is 8.83 Å². The SMILES string of the molecule is c1ccc(-n2c3ccccc3c3oc4ccc(-c5ccccc5-c5ccc6oc7ccccc7c6c5)cc4c32)cc1. The van der Waals surface area contributed by atoms with E-state index in [9.17, 15) is 0 Å². The smallest absolute Gasteiger partial charge is 0.161 e. The van der Waals surface area contributed by atoms with Gasteiger partial charge in [0.05, 0.1) is 5.52 Å². The summed E-state index contributed by atoms with van der Waals surface area (Å²) in [6, 6.07) is 48.9. The molecule has 6 aromatic carbocycles. The highest BCUT2D eigenvalue weighted by Crippen LogP contribution is 2.42. The van der Waals surface area contributed by atoms with Crippen molar-refractivity contribution in [3.8, 4) is 27.9 Å². The molecule has 41 heavy (non-hydrogen) atoms. The van der Waals surface area contributed by atoms with E-state index in [2.05, 4.69) is 132 Å². The van der Waals surface area contributed by atoms with Gasteiger partial charge in [-0.15, -0.1) is 0 Å². The van der Waals surface area contributed by atoms with Crippen molar-refractivity contribution in [2.45, 2.75) is 0 Å². The molecule has 0 aliphatic heterocycles. The van der Waals surface area contributed by atoms with Crippen LogP contribution in [0.5, 0.6) is 0 Å². The molecule has 3 heteroatoms. The zero-order valence-corrected chi connectivity index (χ0v) is 22.0. The van der Waals surface area contributed by atoms with Crippen LogP contribution < -0.4 is 0 Å². The van der Waals surface area contributed by atoms with E-state index >= 15 is 0 Å². The van der Waals surface area contributed by atoms with Gasteiger partial charge in [0.1, 0.15) is 22.3 Å². The first-order chi connectivity index (χ1) is 20.3. The molecular weight excluding hydrogens is 502 g/mol. The van der Waals surface area contributed by atoms with E-state index in [1.807, 2.05) is 12.1 Å². The van der Waals surface area contributed by atoms with Gasteiger partial charge in [-0.05, 0) is 76.9 Å². The molecule has 0 amide bonds. The lowest BCUT2D eigenvalue weighted by Gasteiger charge is -2.11. The van der Waals surface area contributed by atoms with Crippen molar-refractivity contribution in [1.29, 1.82) is 0 Å². The van der Waals surface area contributed by atoms with Crippen LogP contribution in [-0.2, 0) is 0 Å². The summed E-state index contributed by atoms with van der Waals surface area (Å²) in [6.45, 7) is 0. The van der Waals surface area contributed by atoms with Crippen LogP contribution in [0.3, 0.4) is 0 Å². The highest BCUT2D eigenvalue weighted by molar-refractivity contribution is 6.17. The second-order valence-corrected chi connectivity index (χ2v) is 10.5. The zero-order valence-electron chi connectivity index (χ0n) is 22.0. The Bertz CT molecular complexity index is 2420. The third kappa shape index (κ3) is 3.26. The number of fused-ring (bicyclic) bond motifs is 8. The molecule has 0 fully saturated rings. The van der Waals surface area contributed by atoms with Gasteiger partial charge < -0.3 is 13.4 Å². The van der Waals surface area contributed by atoms with Crippen molar-refractivity contribution >= 4 is 54.9 Å². The van der Waals surface area contributed by atoms with E-state index < -0.39 is 0 Å². The van der Waals surface area contributed by atoms with E-state index in [0.717, 1.165) is 71.7 Å². The lowest BCUT2D eigenvalue weighted by molar-refractivity contribution is 0.669. The summed E-state index contributed by atoms with van der Waals surface area (Å²) in [5.41, 5.74) is 11.7. The monoisotopic (exact) mass is 525 g/mol. The molecule has 0 saturated heterocycles. The van der Waals surface area contributed by atoms with E-state index in [-0.39, 0.29) is 0 Å². The molecule has 0 unspecified atom stereocenters. The molecule has 0 aliphatic carbocycles. The number of aromatic nitrogens is 1. The lowest BCUT2D eigenvalue weighted by atomic mass is 9.93. The van der Waals surface area contributed by atoms with Crippen LogP contribution in [0.1, 0.15) is 0 Å². The van der Waals surface area contributed by atoms with Crippen LogP contribution in [0.4, 0.5) is 0 Å². The second-order valence-electron chi connectivity index (χ2n) is 10.5. The molecule has 0 spiro atoms. The Labute approximate surface area is 235 Å². The van der Waals surface area contributed by atoms with Gasteiger partial charge in [0.25, 0.3) is 0 Å². The molecule has 3 aromatic heterocycles. The Kier molecular flexibility index (Phi) is 4.61. The molecule has 3 nitrogen and oxygen atoms in total. The Hall–Kier alpha value is -5.54. The largest absolute Gasteiger partial charge is 0.456 e. The predicted octanol–water partition coefficient (Wildman–Crippen LogP) is 10.8. The standard InChI is InChI=1S/C38H23NO2/c1-2-10-26(11-3-1)39-33-16-8-6-15-30(33)38-37(39)32-23-25(19-21-36(32)41-38)28-13-5-4-12-27(28)24-18-20-35-31(22-24)29-14-7-9-17-34(29)40-35/h1-23H. The maximum absolute atomic E-state index is 6.52. The quantitative estimate of drug-likeness (QED) is 0.230. The van der Waals surface area contributed by atoms with Crippen molar-refractivity contribution in [1.82, 2.24) is 4.57 Å². The molecule has 0 aliphatic rings. The molecule has 0 radical (unpaired) electrons. The van der Waals surface area contributed by atoms with Crippen LogP contribution in [-0.4, -0.2) is 4.57 Å². The fraction of sp³-hybridized carbons (Fsp3) is 0. The topological polar surface area (TPSA) is 31.2 Å². The third-order valence-corrected chi connectivity index (χ3v) is 8.22. The summed E-state index contributed by atoms with van der Waals surface area (Å²) in [4.78, 5) is 0. The highest BCUT2D eigenvalue weighted by Gasteiger charge is 2.20. The van der Waals surface area contributed by atoms with Gasteiger partial charge in [-0.2, -0.15) is 0 Å². The minimum absolute atomic E-state index is 0.887. The molecule has 9 aromatic rings. The number of nitrogens with zero attached hydrogens (tertiary/aromatic N) is 1. The molecule has 9 rings (SSSR count). The first kappa shape index (κ1) is 22.3. The third-order valence-electron chi connectivity index (χ3n) is 8.22. The molecule has 192 valence electrons. The number of para-hydroxylation sites is 3. The summed E-state index contributed by atoms with van der Waals surface area (Å²) < 4.78 is 14.9. The number of rotatable bonds is 3. The minimum Gasteiger partial charge on any atom is -0.456 e. The van der Waals surface area contributed by atoms with Crippen LogP contribution in [0.2, 0.25) is 0 Å². The highest BCUT2D eigenvalue weighted by atomic mass is 16.3. The van der Waals surface area contributed by atoms with Crippen molar-refractivity contribution in [2.75, 3.05) is 0 Å². The lowest BCUT2D eigenvalue weighted by Crippen LogP contribution is -1.93. The van der Waals surface area contributed by atoms with Crippen LogP contribution in [0, 0.1) is 0 Å². The Morgan fingerprint density at radius 1 is 0.415 bits per heavy atom. The fourth-order valence-electron chi connectivity index (χ4n) is 6.36. The van der Waals surface area contributed by atoms with Gasteiger partial charge in [0, 0.05) is 27.2 Å². The number of benzene rings is 6. The average molecular weight is 526 g/mol. The van der Waals surface area contributed by atoms with Crippen molar-refractivity contribution in [3.63, 3.8) is 0 Å². The summed E-state index contributed by atoms with van der Waals surface area (Å²) in [5.74, 6) is 0. The normalized spacial score (nSPS) is 11.9. The molecule has 3 heterocycles. The number of hydrogen-bond donors (Lipinski definition) is 0. The molecule has 0 atom stereocenters. The molecule has 0 N–H and O–H groups in total. The van der Waals surface area contributed by atoms with Gasteiger partial charge in [0.15, 0.2) is 5.58 Å². The number of furan rings is 2. The maximum Gasteiger partial charge on any atom is 0.161 e.